The number of nitrogens with zero attached hydrogens (tertiary/aromatic N) is 3. The van der Waals surface area contributed by atoms with E-state index in [1.54, 1.807) is 0 Å². The first-order valence-electron chi connectivity index (χ1n) is 14.7. The summed E-state index contributed by atoms with van der Waals surface area (Å²) in [6.07, 6.45) is 0.975. The van der Waals surface area contributed by atoms with Crippen LogP contribution in [0.15, 0.2) is 97.1 Å². The third-order valence-electron chi connectivity index (χ3n) is 8.70. The highest BCUT2D eigenvalue weighted by Gasteiger charge is 2.29. The van der Waals surface area contributed by atoms with Crippen molar-refractivity contribution in [1.29, 1.82) is 5.26 Å². The minimum Gasteiger partial charge on any atom is -0.478 e. The Morgan fingerprint density at radius 2 is 1.64 bits per heavy atom. The molecule has 0 aliphatic rings. The van der Waals surface area contributed by atoms with Gasteiger partial charge in [-0.05, 0) is 78.4 Å². The zero-order valence-corrected chi connectivity index (χ0v) is 24.8. The summed E-state index contributed by atoms with van der Waals surface area (Å²) >= 11 is 0. The van der Waals surface area contributed by atoms with Gasteiger partial charge in [-0.15, -0.1) is 0 Å². The van der Waals surface area contributed by atoms with Crippen molar-refractivity contribution in [3.63, 3.8) is 0 Å². The number of carboxylic acids is 1. The van der Waals surface area contributed by atoms with Crippen LogP contribution in [0.3, 0.4) is 0 Å². The van der Waals surface area contributed by atoms with E-state index in [-0.39, 0.29) is 5.56 Å². The van der Waals surface area contributed by atoms with Gasteiger partial charge < -0.3 is 5.11 Å². The molecule has 5 heteroatoms. The van der Waals surface area contributed by atoms with E-state index in [0.717, 1.165) is 66.1 Å². The van der Waals surface area contributed by atoms with Crippen LogP contribution < -0.4 is 4.57 Å². The zero-order chi connectivity index (χ0) is 30.5. The van der Waals surface area contributed by atoms with Crippen molar-refractivity contribution in [1.82, 2.24) is 4.98 Å². The molecule has 0 radical (unpaired) electrons. The standard InChI is InChI=1S/C39H29N3O2/c1-23-15-16-28-33(20-23)42(3)38-27(13-9-19-40)21-24(2)34(25-10-5-4-6-11-25)37(38)35(28)29-17-18-32-30(36(29)39(43)44)22-26-12-7-8-14-31(26)41-32/h4-8,10-12,14-18,20-22H,9,13H2,1-3H3/p+1. The lowest BCUT2D eigenvalue weighted by Gasteiger charge is -2.20. The molecule has 1 N–H and O–H groups in total. The molecule has 2 aromatic heterocycles. The number of aryl methyl sites for hydroxylation is 4. The number of aromatic nitrogens is 2. The maximum Gasteiger partial charge on any atom is 0.337 e. The molecule has 44 heavy (non-hydrogen) atoms. The number of hydrogen-bond acceptors (Lipinski definition) is 3. The Morgan fingerprint density at radius 3 is 2.41 bits per heavy atom. The average molecular weight is 573 g/mol. The molecule has 0 saturated carbocycles. The number of para-hydroxylation sites is 1. The summed E-state index contributed by atoms with van der Waals surface area (Å²) in [6.45, 7) is 4.18. The Labute approximate surface area is 255 Å². The number of rotatable bonds is 5. The summed E-state index contributed by atoms with van der Waals surface area (Å²) in [5.74, 6) is -0.997. The molecule has 0 bridgehead atoms. The predicted octanol–water partition coefficient (Wildman–Crippen LogP) is 8.62. The van der Waals surface area contributed by atoms with Crippen molar-refractivity contribution < 1.29 is 14.5 Å². The number of fused-ring (bicyclic) bond motifs is 4. The van der Waals surface area contributed by atoms with Gasteiger partial charge in [0.05, 0.1) is 33.4 Å². The van der Waals surface area contributed by atoms with Crippen molar-refractivity contribution in [3.8, 4) is 28.3 Å². The number of carboxylic acid groups (broad SMARTS) is 1. The van der Waals surface area contributed by atoms with Gasteiger partial charge in [-0.3, -0.25) is 0 Å². The van der Waals surface area contributed by atoms with Gasteiger partial charge in [-0.25, -0.2) is 9.78 Å². The van der Waals surface area contributed by atoms with Crippen LogP contribution in [-0.2, 0) is 13.5 Å². The van der Waals surface area contributed by atoms with Gasteiger partial charge in [0, 0.05) is 34.4 Å². The molecule has 0 spiro atoms. The van der Waals surface area contributed by atoms with Gasteiger partial charge in [0.25, 0.3) is 0 Å². The molecule has 0 fully saturated rings. The monoisotopic (exact) mass is 572 g/mol. The van der Waals surface area contributed by atoms with E-state index in [1.807, 2.05) is 60.7 Å². The van der Waals surface area contributed by atoms with Gasteiger partial charge in [-0.1, -0.05) is 60.7 Å². The lowest BCUT2D eigenvalue weighted by molar-refractivity contribution is -0.617. The summed E-state index contributed by atoms with van der Waals surface area (Å²) in [4.78, 5) is 18.1. The Morgan fingerprint density at radius 1 is 0.864 bits per heavy atom. The molecule has 5 aromatic carbocycles. The highest BCUT2D eigenvalue weighted by atomic mass is 16.4. The number of aromatic carboxylic acids is 1. The smallest absolute Gasteiger partial charge is 0.337 e. The van der Waals surface area contributed by atoms with Crippen molar-refractivity contribution in [2.45, 2.75) is 26.7 Å². The van der Waals surface area contributed by atoms with Crippen LogP contribution in [0.1, 0.15) is 33.5 Å². The van der Waals surface area contributed by atoms with E-state index >= 15 is 0 Å². The Kier molecular flexibility index (Phi) is 6.56. The average Bonchev–Trinajstić information content (AvgIpc) is 3.03. The fourth-order valence-electron chi connectivity index (χ4n) is 6.82. The second kappa shape index (κ2) is 10.6. The predicted molar refractivity (Wildman–Crippen MR) is 177 cm³/mol. The number of benzene rings is 5. The topological polar surface area (TPSA) is 77.9 Å². The molecule has 0 unspecified atom stereocenters. The first-order valence-corrected chi connectivity index (χ1v) is 14.7. The maximum absolute atomic E-state index is 13.3. The van der Waals surface area contributed by atoms with Crippen LogP contribution in [0.2, 0.25) is 0 Å². The zero-order valence-electron chi connectivity index (χ0n) is 24.8. The molecule has 0 amide bonds. The number of nitriles is 1. The minimum absolute atomic E-state index is 0.233. The molecular formula is C39H30N3O2+. The fourth-order valence-corrected chi connectivity index (χ4v) is 6.82. The second-order valence-electron chi connectivity index (χ2n) is 11.5. The van der Waals surface area contributed by atoms with Gasteiger partial charge in [0.15, 0.2) is 0 Å². The van der Waals surface area contributed by atoms with E-state index in [2.05, 4.69) is 67.9 Å². The molecule has 0 saturated heterocycles. The van der Waals surface area contributed by atoms with Gasteiger partial charge in [0.2, 0.25) is 11.0 Å². The van der Waals surface area contributed by atoms with Crippen molar-refractivity contribution in [2.75, 3.05) is 0 Å². The molecule has 0 aliphatic heterocycles. The molecule has 5 nitrogen and oxygen atoms in total. The summed E-state index contributed by atoms with van der Waals surface area (Å²) in [5, 5.41) is 23.9. The highest BCUT2D eigenvalue weighted by Crippen LogP contribution is 2.45. The van der Waals surface area contributed by atoms with Crippen LogP contribution in [0.5, 0.6) is 0 Å². The summed E-state index contributed by atoms with van der Waals surface area (Å²) < 4.78 is 2.22. The van der Waals surface area contributed by atoms with Crippen molar-refractivity contribution >= 4 is 49.6 Å². The number of carbonyl (C=O) groups is 1. The number of hydrogen-bond donors (Lipinski definition) is 1. The molecule has 7 aromatic rings. The minimum atomic E-state index is -0.997. The van der Waals surface area contributed by atoms with E-state index in [4.69, 9.17) is 4.98 Å². The largest absolute Gasteiger partial charge is 0.478 e. The molecule has 0 aliphatic carbocycles. The second-order valence-corrected chi connectivity index (χ2v) is 11.5. The van der Waals surface area contributed by atoms with E-state index in [1.165, 1.54) is 0 Å². The normalized spacial score (nSPS) is 11.4. The van der Waals surface area contributed by atoms with Gasteiger partial charge in [-0.2, -0.15) is 9.83 Å². The van der Waals surface area contributed by atoms with Crippen molar-refractivity contribution in [2.24, 2.45) is 7.05 Å². The van der Waals surface area contributed by atoms with Crippen molar-refractivity contribution in [3.05, 3.63) is 119 Å². The molecule has 7 rings (SSSR count). The third kappa shape index (κ3) is 4.27. The number of pyridine rings is 2. The third-order valence-corrected chi connectivity index (χ3v) is 8.70. The SMILES string of the molecule is Cc1ccc2c(-c3ccc4nc5ccccc5cc4c3C(=O)O)c3c(-c4ccccc4)c(C)cc(CCC#N)c3[n+](C)c2c1. The van der Waals surface area contributed by atoms with Crippen LogP contribution in [0, 0.1) is 25.2 Å². The Bertz CT molecular complexity index is 2350. The summed E-state index contributed by atoms with van der Waals surface area (Å²) in [5.41, 5.74) is 10.6. The molecule has 0 atom stereocenters. The first kappa shape index (κ1) is 27.2. The van der Waals surface area contributed by atoms with E-state index in [9.17, 15) is 15.2 Å². The lowest BCUT2D eigenvalue weighted by Crippen LogP contribution is -2.32. The molecule has 2 heterocycles. The highest BCUT2D eigenvalue weighted by molar-refractivity contribution is 6.20. The maximum atomic E-state index is 13.3. The first-order chi connectivity index (χ1) is 21.4. The molecular weight excluding hydrogens is 542 g/mol. The van der Waals surface area contributed by atoms with Crippen LogP contribution in [0.25, 0.3) is 65.9 Å². The summed E-state index contributed by atoms with van der Waals surface area (Å²) in [7, 11) is 2.07. The van der Waals surface area contributed by atoms with Gasteiger partial charge in [0.1, 0.15) is 7.05 Å². The Hall–Kier alpha value is -5.60. The Balaban J connectivity index is 1.75. The van der Waals surface area contributed by atoms with Crippen LogP contribution in [0.4, 0.5) is 0 Å². The van der Waals surface area contributed by atoms with E-state index in [0.29, 0.717) is 29.3 Å². The van der Waals surface area contributed by atoms with Crippen LogP contribution >= 0.6 is 0 Å². The fraction of sp³-hybridized carbons (Fsp3) is 0.128. The van der Waals surface area contributed by atoms with Crippen LogP contribution in [-0.4, -0.2) is 16.1 Å². The lowest BCUT2D eigenvalue weighted by atomic mass is 9.84. The molecule has 212 valence electrons. The quantitative estimate of drug-likeness (QED) is 0.165. The van der Waals surface area contributed by atoms with Gasteiger partial charge >= 0.3 is 5.97 Å². The van der Waals surface area contributed by atoms with E-state index < -0.39 is 5.97 Å². The summed E-state index contributed by atoms with van der Waals surface area (Å²) in [6, 6.07) is 34.8.